The van der Waals surface area contributed by atoms with Gasteiger partial charge in [0.15, 0.2) is 0 Å². The summed E-state index contributed by atoms with van der Waals surface area (Å²) in [6, 6.07) is 5.52. The molecule has 0 aromatic heterocycles. The Bertz CT molecular complexity index is 632. The smallest absolute Gasteiger partial charge is 0.325 e. The predicted molar refractivity (Wildman–Crippen MR) is 79.8 cm³/mol. The molecule has 23 heavy (non-hydrogen) atoms. The SMILES string of the molecule is O=C1CN(CC(=O)N2CCCC[C@@H]2c2ccc(F)cc2)C(=O)N1. The van der Waals surface area contributed by atoms with Crippen molar-refractivity contribution in [3.05, 3.63) is 35.6 Å². The molecule has 4 amide bonds. The molecule has 1 aromatic carbocycles. The monoisotopic (exact) mass is 319 g/mol. The van der Waals surface area contributed by atoms with E-state index in [4.69, 9.17) is 0 Å². The van der Waals surface area contributed by atoms with Gasteiger partial charge in [-0.3, -0.25) is 14.9 Å². The van der Waals surface area contributed by atoms with Crippen LogP contribution in [0.2, 0.25) is 0 Å². The number of hydrogen-bond acceptors (Lipinski definition) is 3. The second-order valence-corrected chi connectivity index (χ2v) is 5.86. The summed E-state index contributed by atoms with van der Waals surface area (Å²) in [6.45, 7) is 0.402. The Morgan fingerprint density at radius 1 is 1.22 bits per heavy atom. The molecule has 0 saturated carbocycles. The highest BCUT2D eigenvalue weighted by atomic mass is 19.1. The van der Waals surface area contributed by atoms with Gasteiger partial charge in [-0.2, -0.15) is 0 Å². The van der Waals surface area contributed by atoms with Gasteiger partial charge < -0.3 is 9.80 Å². The molecule has 0 bridgehead atoms. The molecule has 1 aromatic rings. The van der Waals surface area contributed by atoms with Crippen molar-refractivity contribution in [2.24, 2.45) is 0 Å². The minimum atomic E-state index is -0.529. The van der Waals surface area contributed by atoms with E-state index in [0.29, 0.717) is 6.54 Å². The second-order valence-electron chi connectivity index (χ2n) is 5.86. The van der Waals surface area contributed by atoms with Crippen LogP contribution in [0, 0.1) is 5.82 Å². The maximum absolute atomic E-state index is 13.1. The lowest BCUT2D eigenvalue weighted by Crippen LogP contribution is -2.45. The number of amides is 4. The van der Waals surface area contributed by atoms with Crippen LogP contribution in [0.15, 0.2) is 24.3 Å². The lowest BCUT2D eigenvalue weighted by Gasteiger charge is -2.36. The molecule has 2 saturated heterocycles. The topological polar surface area (TPSA) is 69.7 Å². The lowest BCUT2D eigenvalue weighted by molar-refractivity contribution is -0.135. The quantitative estimate of drug-likeness (QED) is 0.857. The Hall–Kier alpha value is -2.44. The van der Waals surface area contributed by atoms with Gasteiger partial charge in [0.1, 0.15) is 18.9 Å². The molecule has 6 nitrogen and oxygen atoms in total. The van der Waals surface area contributed by atoms with Crippen LogP contribution in [0.25, 0.3) is 0 Å². The number of carbonyl (C=O) groups is 3. The Labute approximate surface area is 133 Å². The van der Waals surface area contributed by atoms with Crippen LogP contribution < -0.4 is 5.32 Å². The maximum Gasteiger partial charge on any atom is 0.325 e. The van der Waals surface area contributed by atoms with Gasteiger partial charge in [-0.15, -0.1) is 0 Å². The largest absolute Gasteiger partial charge is 0.334 e. The van der Waals surface area contributed by atoms with Crippen LogP contribution >= 0.6 is 0 Å². The third kappa shape index (κ3) is 3.33. The van der Waals surface area contributed by atoms with E-state index in [2.05, 4.69) is 5.32 Å². The molecule has 3 rings (SSSR count). The zero-order valence-corrected chi connectivity index (χ0v) is 12.6. The van der Waals surface area contributed by atoms with E-state index in [1.165, 1.54) is 17.0 Å². The van der Waals surface area contributed by atoms with E-state index in [0.717, 1.165) is 24.8 Å². The number of hydrogen-bond donors (Lipinski definition) is 1. The molecular formula is C16H18FN3O3. The van der Waals surface area contributed by atoms with Crippen molar-refractivity contribution in [3.8, 4) is 0 Å². The van der Waals surface area contributed by atoms with E-state index < -0.39 is 11.9 Å². The van der Waals surface area contributed by atoms with Crippen molar-refractivity contribution in [2.45, 2.75) is 25.3 Å². The Morgan fingerprint density at radius 3 is 2.61 bits per heavy atom. The minimum absolute atomic E-state index is 0.0837. The first-order valence-corrected chi connectivity index (χ1v) is 7.68. The third-order valence-electron chi connectivity index (χ3n) is 4.27. The molecule has 2 aliphatic heterocycles. The molecule has 2 fully saturated rings. The van der Waals surface area contributed by atoms with Gasteiger partial charge in [0.05, 0.1) is 6.04 Å². The summed E-state index contributed by atoms with van der Waals surface area (Å²) in [6.07, 6.45) is 2.70. The van der Waals surface area contributed by atoms with Gasteiger partial charge in [0.2, 0.25) is 11.8 Å². The fourth-order valence-electron chi connectivity index (χ4n) is 3.13. The van der Waals surface area contributed by atoms with E-state index in [1.54, 1.807) is 17.0 Å². The van der Waals surface area contributed by atoms with Crippen LogP contribution in [0.5, 0.6) is 0 Å². The van der Waals surface area contributed by atoms with Gasteiger partial charge >= 0.3 is 6.03 Å². The summed E-state index contributed by atoms with van der Waals surface area (Å²) in [5.74, 6) is -0.893. The highest BCUT2D eigenvalue weighted by Crippen LogP contribution is 2.31. The summed E-state index contributed by atoms with van der Waals surface area (Å²) >= 11 is 0. The fourth-order valence-corrected chi connectivity index (χ4v) is 3.13. The second kappa shape index (κ2) is 6.36. The maximum atomic E-state index is 13.1. The highest BCUT2D eigenvalue weighted by molar-refractivity contribution is 6.03. The average molecular weight is 319 g/mol. The number of halogens is 1. The molecule has 2 heterocycles. The average Bonchev–Trinajstić information content (AvgIpc) is 2.85. The number of nitrogens with one attached hydrogen (secondary N) is 1. The van der Waals surface area contributed by atoms with Gasteiger partial charge in [-0.25, -0.2) is 9.18 Å². The highest BCUT2D eigenvalue weighted by Gasteiger charge is 2.33. The van der Waals surface area contributed by atoms with Gasteiger partial charge in [-0.05, 0) is 37.0 Å². The number of carbonyl (C=O) groups excluding carboxylic acids is 3. The van der Waals surface area contributed by atoms with Crippen LogP contribution in [0.1, 0.15) is 30.9 Å². The molecule has 122 valence electrons. The number of piperidine rings is 1. The molecule has 0 radical (unpaired) electrons. The lowest BCUT2D eigenvalue weighted by atomic mass is 9.95. The number of likely N-dealkylation sites (tertiary alicyclic amines) is 1. The molecule has 0 aliphatic carbocycles. The summed E-state index contributed by atoms with van der Waals surface area (Å²) in [4.78, 5) is 38.3. The molecule has 2 aliphatic rings. The van der Waals surface area contributed by atoms with E-state index in [9.17, 15) is 18.8 Å². The number of benzene rings is 1. The zero-order chi connectivity index (χ0) is 16.4. The molecule has 7 heteroatoms. The van der Waals surface area contributed by atoms with Crippen molar-refractivity contribution in [3.63, 3.8) is 0 Å². The number of rotatable bonds is 3. The normalized spacial score (nSPS) is 21.5. The van der Waals surface area contributed by atoms with Gasteiger partial charge in [0, 0.05) is 6.54 Å². The van der Waals surface area contributed by atoms with E-state index in [-0.39, 0.29) is 30.9 Å². The van der Waals surface area contributed by atoms with E-state index >= 15 is 0 Å². The first-order valence-electron chi connectivity index (χ1n) is 7.68. The van der Waals surface area contributed by atoms with Crippen molar-refractivity contribution >= 4 is 17.8 Å². The van der Waals surface area contributed by atoms with Crippen LogP contribution in [0.3, 0.4) is 0 Å². The van der Waals surface area contributed by atoms with Crippen molar-refractivity contribution in [1.29, 1.82) is 0 Å². The summed E-state index contributed by atoms with van der Waals surface area (Å²) in [5.41, 5.74) is 0.890. The number of nitrogens with zero attached hydrogens (tertiary/aromatic N) is 2. The van der Waals surface area contributed by atoms with Crippen LogP contribution in [0.4, 0.5) is 9.18 Å². The predicted octanol–water partition coefficient (Wildman–Crippen LogP) is 1.43. The zero-order valence-electron chi connectivity index (χ0n) is 12.6. The molecule has 1 atom stereocenters. The summed E-state index contributed by atoms with van der Waals surface area (Å²) in [5, 5.41) is 2.16. The molecule has 0 unspecified atom stereocenters. The Kier molecular flexibility index (Phi) is 4.27. The third-order valence-corrected chi connectivity index (χ3v) is 4.27. The van der Waals surface area contributed by atoms with E-state index in [1.807, 2.05) is 0 Å². The molecular weight excluding hydrogens is 301 g/mol. The summed E-state index contributed by atoms with van der Waals surface area (Å²) < 4.78 is 13.1. The van der Waals surface area contributed by atoms with Crippen LogP contribution in [-0.4, -0.2) is 47.3 Å². The molecule has 1 N–H and O–H groups in total. The Balaban J connectivity index is 1.73. The van der Waals surface area contributed by atoms with Crippen molar-refractivity contribution in [2.75, 3.05) is 19.6 Å². The number of imide groups is 1. The first-order chi connectivity index (χ1) is 11.0. The van der Waals surface area contributed by atoms with Crippen molar-refractivity contribution < 1.29 is 18.8 Å². The first kappa shape index (κ1) is 15.5. The van der Waals surface area contributed by atoms with Crippen LogP contribution in [-0.2, 0) is 9.59 Å². The summed E-state index contributed by atoms with van der Waals surface area (Å²) in [7, 11) is 0. The standard InChI is InChI=1S/C16H18FN3O3/c17-12-6-4-11(5-7-12)13-3-1-2-8-20(13)15(22)10-19-9-14(21)18-16(19)23/h4-7,13H,1-3,8-10H2,(H,18,21,23)/t13-/m1/s1. The fraction of sp³-hybridized carbons (Fsp3) is 0.438. The molecule has 0 spiro atoms. The minimum Gasteiger partial charge on any atom is -0.334 e. The van der Waals surface area contributed by atoms with Crippen molar-refractivity contribution in [1.82, 2.24) is 15.1 Å². The van der Waals surface area contributed by atoms with Gasteiger partial charge in [0.25, 0.3) is 0 Å². The Morgan fingerprint density at radius 2 is 1.96 bits per heavy atom. The van der Waals surface area contributed by atoms with Gasteiger partial charge in [-0.1, -0.05) is 12.1 Å². The number of urea groups is 1.